The first-order chi connectivity index (χ1) is 14.4. The Labute approximate surface area is 178 Å². The van der Waals surface area contributed by atoms with Gasteiger partial charge in [0.15, 0.2) is 5.79 Å². The molecule has 1 N–H and O–H groups in total. The summed E-state index contributed by atoms with van der Waals surface area (Å²) >= 11 is 0. The Morgan fingerprint density at radius 2 is 1.60 bits per heavy atom. The Morgan fingerprint density at radius 3 is 2.20 bits per heavy atom. The van der Waals surface area contributed by atoms with Gasteiger partial charge in [0.2, 0.25) is 5.91 Å². The van der Waals surface area contributed by atoms with Gasteiger partial charge in [-0.25, -0.2) is 0 Å². The summed E-state index contributed by atoms with van der Waals surface area (Å²) in [5, 5.41) is 3.07. The number of hydrogen-bond donors (Lipinski definition) is 1. The first-order valence-corrected chi connectivity index (χ1v) is 12.2. The highest BCUT2D eigenvalue weighted by Gasteiger charge is 2.44. The van der Waals surface area contributed by atoms with Crippen LogP contribution in [0.3, 0.4) is 0 Å². The van der Waals surface area contributed by atoms with Crippen LogP contribution in [-0.4, -0.2) is 68.1 Å². The van der Waals surface area contributed by atoms with Gasteiger partial charge in [-0.05, 0) is 25.3 Å². The van der Waals surface area contributed by atoms with Gasteiger partial charge in [-0.3, -0.25) is 4.79 Å². The largest absolute Gasteiger partial charge is 0.349 e. The SMILES string of the molecule is C[C@H](NC(=O)C1CCN(S(=O)(=O)N2CCC3(CC2)OCCO3)CC1)c1ccccc1. The average Bonchev–Trinajstić information content (AvgIpc) is 3.22. The molecule has 1 amide bonds. The molecular weight excluding hydrogens is 406 g/mol. The molecule has 0 unspecified atom stereocenters. The highest BCUT2D eigenvalue weighted by atomic mass is 32.2. The molecule has 30 heavy (non-hydrogen) atoms. The van der Waals surface area contributed by atoms with E-state index in [0.717, 1.165) is 5.56 Å². The summed E-state index contributed by atoms with van der Waals surface area (Å²) < 4.78 is 40.5. The van der Waals surface area contributed by atoms with Gasteiger partial charge in [-0.15, -0.1) is 0 Å². The highest BCUT2D eigenvalue weighted by Crippen LogP contribution is 2.33. The maximum Gasteiger partial charge on any atom is 0.281 e. The second kappa shape index (κ2) is 8.92. The number of nitrogens with zero attached hydrogens (tertiary/aromatic N) is 2. The fraction of sp³-hybridized carbons (Fsp3) is 0.667. The van der Waals surface area contributed by atoms with E-state index in [1.165, 1.54) is 8.61 Å². The molecule has 3 aliphatic rings. The van der Waals surface area contributed by atoms with Crippen LogP contribution < -0.4 is 5.32 Å². The summed E-state index contributed by atoms with van der Waals surface area (Å²) in [5.74, 6) is -0.751. The standard InChI is InChI=1S/C21H31N3O5S/c1-17(18-5-3-2-4-6-18)22-20(25)19-7-11-23(12-8-19)30(26,27)24-13-9-21(10-14-24)28-15-16-29-21/h2-6,17,19H,7-16H2,1H3,(H,22,25)/t17-/m0/s1. The number of nitrogens with one attached hydrogen (secondary N) is 1. The van der Waals surface area contributed by atoms with Gasteiger partial charge in [0.25, 0.3) is 10.2 Å². The quantitative estimate of drug-likeness (QED) is 0.757. The van der Waals surface area contributed by atoms with Crippen molar-refractivity contribution in [2.24, 2.45) is 5.92 Å². The molecule has 4 rings (SSSR count). The molecule has 3 heterocycles. The lowest BCUT2D eigenvalue weighted by molar-refractivity contribution is -0.179. The first kappa shape index (κ1) is 21.7. The molecule has 0 radical (unpaired) electrons. The van der Waals surface area contributed by atoms with E-state index in [1.807, 2.05) is 37.3 Å². The van der Waals surface area contributed by atoms with Crippen molar-refractivity contribution < 1.29 is 22.7 Å². The summed E-state index contributed by atoms with van der Waals surface area (Å²) in [6.07, 6.45) is 2.19. The molecule has 9 heteroatoms. The summed E-state index contributed by atoms with van der Waals surface area (Å²) in [6.45, 7) is 4.66. The molecule has 1 aromatic carbocycles. The molecule has 3 saturated heterocycles. The molecule has 3 aliphatic heterocycles. The fourth-order valence-corrected chi connectivity index (χ4v) is 6.15. The number of amides is 1. The fourth-order valence-electron chi connectivity index (χ4n) is 4.51. The number of carbonyl (C=O) groups is 1. The Bertz CT molecular complexity index is 823. The predicted octanol–water partition coefficient (Wildman–Crippen LogP) is 1.66. The van der Waals surface area contributed by atoms with Gasteiger partial charge < -0.3 is 14.8 Å². The number of rotatable bonds is 5. The molecule has 8 nitrogen and oxygen atoms in total. The minimum Gasteiger partial charge on any atom is -0.349 e. The van der Waals surface area contributed by atoms with Crippen molar-refractivity contribution in [2.75, 3.05) is 39.4 Å². The zero-order valence-corrected chi connectivity index (χ0v) is 18.3. The Morgan fingerprint density at radius 1 is 1.03 bits per heavy atom. The van der Waals surface area contributed by atoms with Crippen molar-refractivity contribution in [2.45, 2.75) is 44.4 Å². The van der Waals surface area contributed by atoms with Crippen molar-refractivity contribution >= 4 is 16.1 Å². The van der Waals surface area contributed by atoms with E-state index >= 15 is 0 Å². The van der Waals surface area contributed by atoms with Crippen molar-refractivity contribution in [3.63, 3.8) is 0 Å². The average molecular weight is 438 g/mol. The van der Waals surface area contributed by atoms with Crippen LogP contribution in [0, 0.1) is 5.92 Å². The van der Waals surface area contributed by atoms with Crippen LogP contribution in [0.15, 0.2) is 30.3 Å². The third kappa shape index (κ3) is 4.55. The van der Waals surface area contributed by atoms with Crippen molar-refractivity contribution in [1.82, 2.24) is 13.9 Å². The van der Waals surface area contributed by atoms with Crippen LogP contribution in [0.25, 0.3) is 0 Å². The highest BCUT2D eigenvalue weighted by molar-refractivity contribution is 7.86. The van der Waals surface area contributed by atoms with E-state index in [-0.39, 0.29) is 17.9 Å². The second-order valence-corrected chi connectivity index (χ2v) is 10.3. The van der Waals surface area contributed by atoms with E-state index in [4.69, 9.17) is 9.47 Å². The summed E-state index contributed by atoms with van der Waals surface area (Å²) in [6, 6.07) is 9.77. The maximum absolute atomic E-state index is 13.1. The monoisotopic (exact) mass is 437 g/mol. The van der Waals surface area contributed by atoms with E-state index in [2.05, 4.69) is 5.32 Å². The number of ether oxygens (including phenoxy) is 2. The molecule has 0 aromatic heterocycles. The van der Waals surface area contributed by atoms with Crippen LogP contribution in [-0.2, 0) is 24.5 Å². The van der Waals surface area contributed by atoms with Crippen molar-refractivity contribution in [3.05, 3.63) is 35.9 Å². The second-order valence-electron chi connectivity index (χ2n) is 8.33. The normalized spacial score (nSPS) is 24.7. The molecule has 0 aliphatic carbocycles. The molecule has 1 aromatic rings. The molecule has 0 bridgehead atoms. The Balaban J connectivity index is 1.28. The zero-order valence-electron chi connectivity index (χ0n) is 17.5. The molecule has 0 saturated carbocycles. The van der Waals surface area contributed by atoms with Crippen LogP contribution in [0.2, 0.25) is 0 Å². The molecule has 1 spiro atoms. The van der Waals surface area contributed by atoms with Crippen LogP contribution in [0.5, 0.6) is 0 Å². The van der Waals surface area contributed by atoms with Gasteiger partial charge in [0.05, 0.1) is 19.3 Å². The maximum atomic E-state index is 13.1. The van der Waals surface area contributed by atoms with E-state index in [0.29, 0.717) is 65.1 Å². The first-order valence-electron chi connectivity index (χ1n) is 10.8. The third-order valence-electron chi connectivity index (χ3n) is 6.43. The third-order valence-corrected chi connectivity index (χ3v) is 8.47. The van der Waals surface area contributed by atoms with Crippen LogP contribution >= 0.6 is 0 Å². The van der Waals surface area contributed by atoms with E-state index in [9.17, 15) is 13.2 Å². The number of carbonyl (C=O) groups excluding carboxylic acids is 1. The molecule has 1 atom stereocenters. The number of benzene rings is 1. The Hall–Kier alpha value is -1.52. The summed E-state index contributed by atoms with van der Waals surface area (Å²) in [7, 11) is -3.52. The lowest BCUT2D eigenvalue weighted by Crippen LogP contribution is -2.53. The zero-order chi connectivity index (χ0) is 21.2. The van der Waals surface area contributed by atoms with Gasteiger partial charge in [0, 0.05) is 44.9 Å². The lowest BCUT2D eigenvalue weighted by atomic mass is 9.96. The van der Waals surface area contributed by atoms with Gasteiger partial charge in [-0.2, -0.15) is 17.0 Å². The minimum absolute atomic E-state index is 0.00107. The van der Waals surface area contributed by atoms with Crippen LogP contribution in [0.1, 0.15) is 44.2 Å². The van der Waals surface area contributed by atoms with Gasteiger partial charge >= 0.3 is 0 Å². The van der Waals surface area contributed by atoms with Gasteiger partial charge in [0.1, 0.15) is 0 Å². The van der Waals surface area contributed by atoms with Gasteiger partial charge in [-0.1, -0.05) is 30.3 Å². The Kier molecular flexibility index (Phi) is 6.45. The molecular formula is C21H31N3O5S. The predicted molar refractivity (Wildman–Crippen MR) is 112 cm³/mol. The molecule has 3 fully saturated rings. The topological polar surface area (TPSA) is 88.2 Å². The van der Waals surface area contributed by atoms with E-state index in [1.54, 1.807) is 0 Å². The number of piperidine rings is 2. The van der Waals surface area contributed by atoms with Crippen molar-refractivity contribution in [1.29, 1.82) is 0 Å². The lowest BCUT2D eigenvalue weighted by Gasteiger charge is -2.40. The smallest absolute Gasteiger partial charge is 0.281 e. The summed E-state index contributed by atoms with van der Waals surface area (Å²) in [4.78, 5) is 12.7. The molecule has 166 valence electrons. The number of hydrogen-bond acceptors (Lipinski definition) is 5. The van der Waals surface area contributed by atoms with Crippen LogP contribution in [0.4, 0.5) is 0 Å². The van der Waals surface area contributed by atoms with E-state index < -0.39 is 16.0 Å². The van der Waals surface area contributed by atoms with Crippen molar-refractivity contribution in [3.8, 4) is 0 Å². The summed E-state index contributed by atoms with van der Waals surface area (Å²) in [5.41, 5.74) is 1.06. The minimum atomic E-state index is -3.52.